The van der Waals surface area contributed by atoms with Gasteiger partial charge < -0.3 is 5.32 Å². The standard InChI is InChI=1S/C46H33Cl2NO2/c47-38-22-18-32(19-23-38)41-40(45(50)37-17-15-30-9-5-7-13-35(30)27-37)28-49-46(51)44(31-10-2-1-3-11-31)42(33-20-24-39(48)25-21-33)43(41)36-16-14-29-8-4-6-12-34(29)26-36/h1-28,41-44H,(H,49,51)/b40-28+. The third-order valence-corrected chi connectivity index (χ3v) is 10.7. The molecule has 0 aliphatic carbocycles. The van der Waals surface area contributed by atoms with Gasteiger partial charge in [0.25, 0.3) is 0 Å². The highest BCUT2D eigenvalue weighted by atomic mass is 35.5. The van der Waals surface area contributed by atoms with Crippen molar-refractivity contribution in [3.63, 3.8) is 0 Å². The second kappa shape index (κ2) is 14.0. The van der Waals surface area contributed by atoms with Crippen LogP contribution in [-0.4, -0.2) is 11.7 Å². The van der Waals surface area contributed by atoms with E-state index < -0.39 is 17.8 Å². The average molecular weight is 703 g/mol. The summed E-state index contributed by atoms with van der Waals surface area (Å²) in [6, 6.07) is 54.0. The van der Waals surface area contributed by atoms with Crippen LogP contribution in [0.4, 0.5) is 0 Å². The van der Waals surface area contributed by atoms with Crippen molar-refractivity contribution >= 4 is 56.4 Å². The summed E-state index contributed by atoms with van der Waals surface area (Å²) in [7, 11) is 0. The van der Waals surface area contributed by atoms with Gasteiger partial charge in [-0.15, -0.1) is 0 Å². The van der Waals surface area contributed by atoms with Crippen molar-refractivity contribution < 1.29 is 9.59 Å². The molecule has 8 rings (SSSR count). The Labute approximate surface area is 307 Å². The van der Waals surface area contributed by atoms with Gasteiger partial charge in [-0.1, -0.05) is 157 Å². The molecule has 0 saturated heterocycles. The van der Waals surface area contributed by atoms with Crippen molar-refractivity contribution in [2.24, 2.45) is 0 Å². The lowest BCUT2D eigenvalue weighted by atomic mass is 9.62. The van der Waals surface area contributed by atoms with Gasteiger partial charge in [-0.3, -0.25) is 9.59 Å². The first kappa shape index (κ1) is 32.7. The molecule has 0 spiro atoms. The van der Waals surface area contributed by atoms with Crippen molar-refractivity contribution in [2.75, 3.05) is 0 Å². The lowest BCUT2D eigenvalue weighted by molar-refractivity contribution is -0.122. The molecule has 1 amide bonds. The fourth-order valence-electron chi connectivity index (χ4n) is 7.78. The maximum atomic E-state index is 15.0. The van der Waals surface area contributed by atoms with Crippen LogP contribution >= 0.6 is 23.2 Å². The Balaban J connectivity index is 1.44. The van der Waals surface area contributed by atoms with Gasteiger partial charge in [0, 0.05) is 45.1 Å². The molecule has 1 aliphatic heterocycles. The van der Waals surface area contributed by atoms with Crippen LogP contribution in [0.3, 0.4) is 0 Å². The van der Waals surface area contributed by atoms with Crippen molar-refractivity contribution in [3.8, 4) is 0 Å². The van der Waals surface area contributed by atoms with E-state index in [0.717, 1.165) is 43.8 Å². The predicted octanol–water partition coefficient (Wildman–Crippen LogP) is 11.6. The first-order valence-electron chi connectivity index (χ1n) is 17.0. The first-order chi connectivity index (χ1) is 24.9. The summed E-state index contributed by atoms with van der Waals surface area (Å²) < 4.78 is 0. The van der Waals surface area contributed by atoms with Crippen LogP contribution in [0.5, 0.6) is 0 Å². The molecule has 0 radical (unpaired) electrons. The summed E-state index contributed by atoms with van der Waals surface area (Å²) >= 11 is 13.0. The molecule has 5 heteroatoms. The monoisotopic (exact) mass is 701 g/mol. The minimum Gasteiger partial charge on any atom is -0.332 e. The van der Waals surface area contributed by atoms with Gasteiger partial charge in [0.05, 0.1) is 5.92 Å². The number of benzene rings is 7. The highest BCUT2D eigenvalue weighted by Gasteiger charge is 2.45. The maximum absolute atomic E-state index is 15.0. The van der Waals surface area contributed by atoms with Crippen LogP contribution in [-0.2, 0) is 4.79 Å². The van der Waals surface area contributed by atoms with E-state index in [9.17, 15) is 4.79 Å². The number of hydrogen-bond donors (Lipinski definition) is 1. The number of allylic oxidation sites excluding steroid dienone is 1. The van der Waals surface area contributed by atoms with Crippen LogP contribution in [0.25, 0.3) is 21.5 Å². The molecule has 1 N–H and O–H groups in total. The van der Waals surface area contributed by atoms with Gasteiger partial charge in [-0.05, 0) is 74.1 Å². The number of nitrogens with one attached hydrogen (secondary N) is 1. The topological polar surface area (TPSA) is 46.2 Å². The average Bonchev–Trinajstić information content (AvgIpc) is 3.17. The zero-order chi connectivity index (χ0) is 34.9. The van der Waals surface area contributed by atoms with Crippen molar-refractivity contribution in [3.05, 3.63) is 213 Å². The highest BCUT2D eigenvalue weighted by Crippen LogP contribution is 2.54. The molecule has 4 unspecified atom stereocenters. The number of hydrogen-bond acceptors (Lipinski definition) is 2. The molecule has 7 aromatic rings. The zero-order valence-electron chi connectivity index (χ0n) is 27.5. The molecule has 1 heterocycles. The number of carbonyl (C=O) groups is 2. The Morgan fingerprint density at radius 2 is 0.961 bits per heavy atom. The Kier molecular flexibility index (Phi) is 9.00. The first-order valence-corrected chi connectivity index (χ1v) is 17.8. The molecule has 0 fully saturated rings. The molecule has 0 bridgehead atoms. The van der Waals surface area contributed by atoms with Gasteiger partial charge in [0.1, 0.15) is 0 Å². The molecule has 4 atom stereocenters. The lowest BCUT2D eigenvalue weighted by Gasteiger charge is -2.41. The summed E-state index contributed by atoms with van der Waals surface area (Å²) in [5.41, 5.74) is 4.80. The van der Waals surface area contributed by atoms with Crippen molar-refractivity contribution in [1.82, 2.24) is 5.32 Å². The van der Waals surface area contributed by atoms with Gasteiger partial charge in [-0.25, -0.2) is 0 Å². The molecule has 248 valence electrons. The number of ketones is 1. The minimum atomic E-state index is -0.604. The van der Waals surface area contributed by atoms with Crippen LogP contribution in [0.2, 0.25) is 10.0 Å². The summed E-state index contributed by atoms with van der Waals surface area (Å²) in [5.74, 6) is -2.24. The number of halogens is 2. The number of Topliss-reactive ketones (excluding diaryl/α,β-unsaturated/α-hetero) is 1. The number of carbonyl (C=O) groups excluding carboxylic acids is 2. The van der Waals surface area contributed by atoms with Crippen molar-refractivity contribution in [1.29, 1.82) is 0 Å². The lowest BCUT2D eigenvalue weighted by Crippen LogP contribution is -2.38. The van der Waals surface area contributed by atoms with Gasteiger partial charge in [-0.2, -0.15) is 0 Å². The third-order valence-electron chi connectivity index (χ3n) is 10.2. The second-order valence-corrected chi connectivity index (χ2v) is 14.0. The molecule has 0 saturated carbocycles. The second-order valence-electron chi connectivity index (χ2n) is 13.1. The Hall–Kier alpha value is -5.48. The quantitative estimate of drug-likeness (QED) is 0.175. The summed E-state index contributed by atoms with van der Waals surface area (Å²) in [6.45, 7) is 0. The molecular formula is C46H33Cl2NO2. The molecule has 3 nitrogen and oxygen atoms in total. The zero-order valence-corrected chi connectivity index (χ0v) is 29.1. The van der Waals surface area contributed by atoms with Crippen molar-refractivity contribution in [2.45, 2.75) is 23.7 Å². The smallest absolute Gasteiger partial charge is 0.232 e. The van der Waals surface area contributed by atoms with E-state index in [0.29, 0.717) is 21.2 Å². The van der Waals surface area contributed by atoms with E-state index >= 15 is 4.79 Å². The fourth-order valence-corrected chi connectivity index (χ4v) is 8.03. The maximum Gasteiger partial charge on any atom is 0.232 e. The molecule has 51 heavy (non-hydrogen) atoms. The summed E-state index contributed by atoms with van der Waals surface area (Å²) in [6.07, 6.45) is 1.65. The molecule has 7 aromatic carbocycles. The van der Waals surface area contributed by atoms with E-state index in [4.69, 9.17) is 23.2 Å². The highest BCUT2D eigenvalue weighted by molar-refractivity contribution is 6.30. The van der Waals surface area contributed by atoms with E-state index in [2.05, 4.69) is 35.6 Å². The van der Waals surface area contributed by atoms with E-state index in [1.54, 1.807) is 6.20 Å². The van der Waals surface area contributed by atoms with Gasteiger partial charge >= 0.3 is 0 Å². The Morgan fingerprint density at radius 3 is 1.61 bits per heavy atom. The Bertz CT molecular complexity index is 2420. The SMILES string of the molecule is O=C(/C1=C/NC(=O)C(c2ccccc2)C(c2ccc(Cl)cc2)C(c2ccc3ccccc3c2)C1c1ccc(Cl)cc1)c1ccc2ccccc2c1. The van der Waals surface area contributed by atoms with Gasteiger partial charge in [0.2, 0.25) is 5.91 Å². The number of amides is 1. The summed E-state index contributed by atoms with van der Waals surface area (Å²) in [5, 5.41) is 8.53. The van der Waals surface area contributed by atoms with Crippen LogP contribution in [0, 0.1) is 0 Å². The van der Waals surface area contributed by atoms with E-state index in [1.807, 2.05) is 133 Å². The van der Waals surface area contributed by atoms with Crippen LogP contribution in [0.1, 0.15) is 56.3 Å². The Morgan fingerprint density at radius 1 is 0.471 bits per heavy atom. The number of rotatable bonds is 6. The van der Waals surface area contributed by atoms with Crippen LogP contribution in [0.15, 0.2) is 176 Å². The molecule has 1 aliphatic rings. The summed E-state index contributed by atoms with van der Waals surface area (Å²) in [4.78, 5) is 29.7. The largest absolute Gasteiger partial charge is 0.332 e. The molecular weight excluding hydrogens is 669 g/mol. The minimum absolute atomic E-state index is 0.153. The van der Waals surface area contributed by atoms with Crippen LogP contribution < -0.4 is 5.32 Å². The third kappa shape index (κ3) is 6.47. The van der Waals surface area contributed by atoms with E-state index in [1.165, 1.54) is 0 Å². The predicted molar refractivity (Wildman–Crippen MR) is 209 cm³/mol. The molecule has 0 aromatic heterocycles. The van der Waals surface area contributed by atoms with E-state index in [-0.39, 0.29) is 17.6 Å². The fraction of sp³-hybridized carbons (Fsp3) is 0.0870. The normalized spacial score (nSPS) is 20.2. The number of fused-ring (bicyclic) bond motifs is 2. The van der Waals surface area contributed by atoms with Gasteiger partial charge in [0.15, 0.2) is 5.78 Å².